The molecule has 0 aliphatic heterocycles. The third-order valence-electron chi connectivity index (χ3n) is 4.45. The Kier molecular flexibility index (Phi) is 8.39. The third-order valence-corrected chi connectivity index (χ3v) is 7.36. The summed E-state index contributed by atoms with van der Waals surface area (Å²) < 4.78 is 27.0. The van der Waals surface area contributed by atoms with Crippen molar-refractivity contribution in [2.45, 2.75) is 25.2 Å². The second kappa shape index (κ2) is 10.6. The van der Waals surface area contributed by atoms with Crippen LogP contribution in [0.4, 0.5) is 11.4 Å². The zero-order valence-corrected chi connectivity index (χ0v) is 19.3. The number of hydrogen-bond donors (Lipinski definition) is 2. The van der Waals surface area contributed by atoms with Crippen molar-refractivity contribution < 1.29 is 18.0 Å². The van der Waals surface area contributed by atoms with Gasteiger partial charge in [-0.15, -0.1) is 11.3 Å². The van der Waals surface area contributed by atoms with Crippen LogP contribution in [0.3, 0.4) is 0 Å². The molecule has 0 saturated carbocycles. The Morgan fingerprint density at radius 3 is 2.37 bits per heavy atom. The van der Waals surface area contributed by atoms with Crippen LogP contribution >= 0.6 is 11.3 Å². The standard InChI is InChI=1S/C20H28N4O4S2/c1-5-24(6-2)30(27,28)15-9-10-17(23(3)4)16(14-15)22-19(25)11-12-21-20(26)18-8-7-13-29-18/h7-10,13-14H,5-6,11-12H2,1-4H3,(H,21,26)(H,22,25). The summed E-state index contributed by atoms with van der Waals surface area (Å²) in [6, 6.07) is 8.19. The van der Waals surface area contributed by atoms with Crippen molar-refractivity contribution in [3.8, 4) is 0 Å². The molecule has 164 valence electrons. The summed E-state index contributed by atoms with van der Waals surface area (Å²) >= 11 is 1.33. The number of anilines is 2. The maximum absolute atomic E-state index is 12.8. The molecule has 0 unspecified atom stereocenters. The summed E-state index contributed by atoms with van der Waals surface area (Å²) in [4.78, 5) is 26.9. The summed E-state index contributed by atoms with van der Waals surface area (Å²) in [7, 11) is -0.0269. The van der Waals surface area contributed by atoms with Gasteiger partial charge in [0.05, 0.1) is 21.1 Å². The Labute approximate surface area is 181 Å². The highest BCUT2D eigenvalue weighted by Crippen LogP contribution is 2.29. The monoisotopic (exact) mass is 452 g/mol. The van der Waals surface area contributed by atoms with E-state index in [9.17, 15) is 18.0 Å². The maximum Gasteiger partial charge on any atom is 0.261 e. The first kappa shape index (κ1) is 23.8. The van der Waals surface area contributed by atoms with E-state index in [4.69, 9.17) is 0 Å². The number of amides is 2. The van der Waals surface area contributed by atoms with Crippen molar-refractivity contribution in [1.29, 1.82) is 0 Å². The molecule has 1 aromatic carbocycles. The maximum atomic E-state index is 12.8. The lowest BCUT2D eigenvalue weighted by Crippen LogP contribution is -2.31. The lowest BCUT2D eigenvalue weighted by atomic mass is 10.2. The van der Waals surface area contributed by atoms with Crippen LogP contribution in [0.15, 0.2) is 40.6 Å². The summed E-state index contributed by atoms with van der Waals surface area (Å²) in [5.41, 5.74) is 1.09. The average Bonchev–Trinajstić information content (AvgIpc) is 3.23. The molecule has 0 atom stereocenters. The van der Waals surface area contributed by atoms with E-state index in [1.807, 2.05) is 19.5 Å². The normalized spacial score (nSPS) is 11.4. The van der Waals surface area contributed by atoms with Gasteiger partial charge in [-0.3, -0.25) is 9.59 Å². The minimum Gasteiger partial charge on any atom is -0.376 e. The molecule has 10 heteroatoms. The Bertz CT molecular complexity index is 969. The molecule has 2 N–H and O–H groups in total. The molecule has 0 spiro atoms. The van der Waals surface area contributed by atoms with E-state index >= 15 is 0 Å². The molecular weight excluding hydrogens is 424 g/mol. The van der Waals surface area contributed by atoms with Gasteiger partial charge >= 0.3 is 0 Å². The topological polar surface area (TPSA) is 98.8 Å². The van der Waals surface area contributed by atoms with Crippen LogP contribution in [0.2, 0.25) is 0 Å². The van der Waals surface area contributed by atoms with Gasteiger partial charge in [0.2, 0.25) is 15.9 Å². The van der Waals surface area contributed by atoms with E-state index in [1.54, 1.807) is 43.0 Å². The lowest BCUT2D eigenvalue weighted by molar-refractivity contribution is -0.116. The minimum atomic E-state index is -3.65. The Hall–Kier alpha value is -2.43. The molecule has 2 amide bonds. The molecule has 0 fully saturated rings. The first-order valence-corrected chi connectivity index (χ1v) is 12.0. The number of benzene rings is 1. The zero-order valence-electron chi connectivity index (χ0n) is 17.6. The van der Waals surface area contributed by atoms with Crippen molar-refractivity contribution in [1.82, 2.24) is 9.62 Å². The SMILES string of the molecule is CCN(CC)S(=O)(=O)c1ccc(N(C)C)c(NC(=O)CCNC(=O)c2cccs2)c1. The first-order chi connectivity index (χ1) is 14.2. The van der Waals surface area contributed by atoms with Crippen LogP contribution in [0.25, 0.3) is 0 Å². The van der Waals surface area contributed by atoms with Crippen LogP contribution in [0.1, 0.15) is 29.9 Å². The van der Waals surface area contributed by atoms with Gasteiger partial charge in [-0.25, -0.2) is 8.42 Å². The van der Waals surface area contributed by atoms with Gasteiger partial charge in [-0.05, 0) is 29.6 Å². The molecule has 0 saturated heterocycles. The van der Waals surface area contributed by atoms with Gasteiger partial charge in [0.15, 0.2) is 0 Å². The largest absolute Gasteiger partial charge is 0.376 e. The van der Waals surface area contributed by atoms with Gasteiger partial charge < -0.3 is 15.5 Å². The van der Waals surface area contributed by atoms with Crippen LogP contribution in [0.5, 0.6) is 0 Å². The number of hydrogen-bond acceptors (Lipinski definition) is 6. The first-order valence-electron chi connectivity index (χ1n) is 9.63. The fraction of sp³-hybridized carbons (Fsp3) is 0.400. The van der Waals surface area contributed by atoms with Gasteiger partial charge in [-0.1, -0.05) is 19.9 Å². The number of sulfonamides is 1. The molecule has 0 aliphatic carbocycles. The molecule has 30 heavy (non-hydrogen) atoms. The van der Waals surface area contributed by atoms with E-state index < -0.39 is 10.0 Å². The minimum absolute atomic E-state index is 0.0665. The van der Waals surface area contributed by atoms with Gasteiger partial charge in [0, 0.05) is 40.2 Å². The number of carbonyl (C=O) groups is 2. The second-order valence-electron chi connectivity index (χ2n) is 6.69. The fourth-order valence-corrected chi connectivity index (χ4v) is 5.00. The Balaban J connectivity index is 2.12. The van der Waals surface area contributed by atoms with Crippen molar-refractivity contribution in [3.63, 3.8) is 0 Å². The molecule has 1 heterocycles. The molecule has 0 aliphatic rings. The van der Waals surface area contributed by atoms with E-state index in [2.05, 4.69) is 10.6 Å². The smallest absolute Gasteiger partial charge is 0.261 e. The predicted octanol–water partition coefficient (Wildman–Crippen LogP) is 2.60. The molecule has 1 aromatic heterocycles. The van der Waals surface area contributed by atoms with Gasteiger partial charge in [0.1, 0.15) is 0 Å². The Morgan fingerprint density at radius 1 is 1.10 bits per heavy atom. The number of nitrogens with zero attached hydrogens (tertiary/aromatic N) is 2. The summed E-state index contributed by atoms with van der Waals surface area (Å²) in [6.07, 6.45) is 0.0665. The lowest BCUT2D eigenvalue weighted by Gasteiger charge is -2.22. The number of thiophene rings is 1. The summed E-state index contributed by atoms with van der Waals surface area (Å²) in [5.74, 6) is -0.541. The predicted molar refractivity (Wildman–Crippen MR) is 121 cm³/mol. The Morgan fingerprint density at radius 2 is 1.80 bits per heavy atom. The molecular formula is C20H28N4O4S2. The molecule has 2 rings (SSSR count). The number of carbonyl (C=O) groups excluding carboxylic acids is 2. The summed E-state index contributed by atoms with van der Waals surface area (Å²) in [6.45, 7) is 4.46. The van der Waals surface area contributed by atoms with Crippen LogP contribution in [-0.4, -0.2) is 58.3 Å². The third kappa shape index (κ3) is 5.80. The molecule has 0 bridgehead atoms. The van der Waals surface area contributed by atoms with Crippen LogP contribution in [-0.2, 0) is 14.8 Å². The highest BCUT2D eigenvalue weighted by Gasteiger charge is 2.23. The van der Waals surface area contributed by atoms with E-state index in [-0.39, 0.29) is 29.7 Å². The number of nitrogens with one attached hydrogen (secondary N) is 2. The van der Waals surface area contributed by atoms with Crippen molar-refractivity contribution in [2.24, 2.45) is 0 Å². The van der Waals surface area contributed by atoms with E-state index in [0.29, 0.717) is 29.3 Å². The second-order valence-corrected chi connectivity index (χ2v) is 9.58. The van der Waals surface area contributed by atoms with E-state index in [0.717, 1.165) is 0 Å². The molecule has 0 radical (unpaired) electrons. The molecule has 8 nitrogen and oxygen atoms in total. The summed E-state index contributed by atoms with van der Waals surface area (Å²) in [5, 5.41) is 7.29. The highest BCUT2D eigenvalue weighted by molar-refractivity contribution is 7.89. The van der Waals surface area contributed by atoms with E-state index in [1.165, 1.54) is 21.7 Å². The number of rotatable bonds is 10. The van der Waals surface area contributed by atoms with Crippen molar-refractivity contribution in [2.75, 3.05) is 43.9 Å². The van der Waals surface area contributed by atoms with Crippen LogP contribution in [0, 0.1) is 0 Å². The molecule has 2 aromatic rings. The van der Waals surface area contributed by atoms with Gasteiger partial charge in [-0.2, -0.15) is 4.31 Å². The van der Waals surface area contributed by atoms with Crippen molar-refractivity contribution >= 4 is 44.5 Å². The zero-order chi connectivity index (χ0) is 22.3. The fourth-order valence-electron chi connectivity index (χ4n) is 2.88. The highest BCUT2D eigenvalue weighted by atomic mass is 32.2. The quantitative estimate of drug-likeness (QED) is 0.577. The van der Waals surface area contributed by atoms with Crippen LogP contribution < -0.4 is 15.5 Å². The van der Waals surface area contributed by atoms with Crippen molar-refractivity contribution in [3.05, 3.63) is 40.6 Å². The average molecular weight is 453 g/mol. The van der Waals surface area contributed by atoms with Gasteiger partial charge in [0.25, 0.3) is 5.91 Å².